The van der Waals surface area contributed by atoms with Crippen LogP contribution in [0, 0.1) is 0 Å². The second-order valence-corrected chi connectivity index (χ2v) is 8.38. The minimum absolute atomic E-state index is 0.167. The molecular formula is C23H27ClN2O4S. The van der Waals surface area contributed by atoms with Gasteiger partial charge in [0.25, 0.3) is 11.8 Å². The number of carbonyl (C=O) groups excluding carboxylic acids is 3. The lowest BCUT2D eigenvalue weighted by molar-refractivity contribution is -0.153. The maximum absolute atomic E-state index is 12.6. The number of halogens is 1. The second kappa shape index (κ2) is 12.4. The molecule has 0 aliphatic rings. The van der Waals surface area contributed by atoms with E-state index in [9.17, 15) is 14.4 Å². The Morgan fingerprint density at radius 2 is 1.74 bits per heavy atom. The number of nitrogens with zero attached hydrogens (tertiary/aromatic N) is 1. The van der Waals surface area contributed by atoms with Crippen molar-refractivity contribution < 1.29 is 19.1 Å². The molecule has 2 aromatic rings. The number of amides is 2. The molecule has 2 unspecified atom stereocenters. The van der Waals surface area contributed by atoms with Gasteiger partial charge in [0, 0.05) is 7.05 Å². The number of hydrogen-bond donors (Lipinski definition) is 1. The highest BCUT2D eigenvalue weighted by atomic mass is 35.5. The number of likely N-dealkylation sites (N-methyl/N-ethyl adjacent to an activating group) is 1. The Morgan fingerprint density at radius 1 is 1.10 bits per heavy atom. The van der Waals surface area contributed by atoms with Crippen LogP contribution in [0.1, 0.15) is 35.3 Å². The van der Waals surface area contributed by atoms with Crippen molar-refractivity contribution in [2.24, 2.45) is 0 Å². The number of esters is 1. The van der Waals surface area contributed by atoms with Gasteiger partial charge in [0.15, 0.2) is 6.61 Å². The predicted molar refractivity (Wildman–Crippen MR) is 124 cm³/mol. The summed E-state index contributed by atoms with van der Waals surface area (Å²) in [6, 6.07) is 15.1. The Hall–Kier alpha value is -2.51. The normalized spacial score (nSPS) is 12.5. The second-order valence-electron chi connectivity index (χ2n) is 6.99. The monoisotopic (exact) mass is 462 g/mol. The fraction of sp³-hybridized carbons (Fsp3) is 0.348. The number of thioether (sulfide) groups is 1. The molecule has 2 atom stereocenters. The van der Waals surface area contributed by atoms with Crippen LogP contribution in [0.5, 0.6) is 0 Å². The van der Waals surface area contributed by atoms with E-state index in [0.29, 0.717) is 17.2 Å². The van der Waals surface area contributed by atoms with Crippen LogP contribution in [-0.2, 0) is 14.3 Å². The van der Waals surface area contributed by atoms with Crippen molar-refractivity contribution in [3.8, 4) is 0 Å². The van der Waals surface area contributed by atoms with E-state index in [4.69, 9.17) is 16.3 Å². The average Bonchev–Trinajstić information content (AvgIpc) is 2.79. The van der Waals surface area contributed by atoms with Crippen molar-refractivity contribution in [1.82, 2.24) is 10.2 Å². The standard InChI is InChI=1S/C23H27ClN2O4S/c1-16(17-9-5-4-6-10-17)26(2)21(27)15-30-23(29)20(13-14-31-3)25-22(28)18-11-7-8-12-19(18)24/h4-12,16,20H,13-15H2,1-3H3,(H,25,28). The van der Waals surface area contributed by atoms with Crippen molar-refractivity contribution in [3.63, 3.8) is 0 Å². The molecule has 0 saturated carbocycles. The molecular weight excluding hydrogens is 436 g/mol. The number of benzene rings is 2. The van der Waals surface area contributed by atoms with Crippen LogP contribution in [0.2, 0.25) is 5.02 Å². The van der Waals surface area contributed by atoms with Crippen molar-refractivity contribution in [2.45, 2.75) is 25.4 Å². The maximum atomic E-state index is 12.6. The van der Waals surface area contributed by atoms with E-state index in [1.807, 2.05) is 43.5 Å². The summed E-state index contributed by atoms with van der Waals surface area (Å²) in [6.45, 7) is 1.50. The number of carbonyl (C=O) groups is 3. The van der Waals surface area contributed by atoms with E-state index >= 15 is 0 Å². The number of hydrogen-bond acceptors (Lipinski definition) is 5. The van der Waals surface area contributed by atoms with Crippen LogP contribution >= 0.6 is 23.4 Å². The summed E-state index contributed by atoms with van der Waals surface area (Å²) < 4.78 is 5.25. The smallest absolute Gasteiger partial charge is 0.329 e. The third-order valence-corrected chi connectivity index (χ3v) is 5.89. The molecule has 6 nitrogen and oxygen atoms in total. The summed E-state index contributed by atoms with van der Waals surface area (Å²) in [4.78, 5) is 39.2. The van der Waals surface area contributed by atoms with E-state index in [-0.39, 0.29) is 17.5 Å². The van der Waals surface area contributed by atoms with Gasteiger partial charge in [-0.15, -0.1) is 0 Å². The highest BCUT2D eigenvalue weighted by Gasteiger charge is 2.25. The highest BCUT2D eigenvalue weighted by molar-refractivity contribution is 7.98. The Balaban J connectivity index is 1.97. The third-order valence-electron chi connectivity index (χ3n) is 4.91. The van der Waals surface area contributed by atoms with E-state index in [0.717, 1.165) is 5.56 Å². The molecule has 2 rings (SSSR count). The fourth-order valence-electron chi connectivity index (χ4n) is 2.87. The molecule has 0 aliphatic heterocycles. The first-order chi connectivity index (χ1) is 14.8. The molecule has 2 aromatic carbocycles. The maximum Gasteiger partial charge on any atom is 0.329 e. The van der Waals surface area contributed by atoms with Gasteiger partial charge in [0.05, 0.1) is 16.6 Å². The minimum Gasteiger partial charge on any atom is -0.454 e. The Morgan fingerprint density at radius 3 is 2.39 bits per heavy atom. The summed E-state index contributed by atoms with van der Waals surface area (Å²) in [5, 5.41) is 2.97. The molecule has 0 aliphatic carbocycles. The summed E-state index contributed by atoms with van der Waals surface area (Å²) >= 11 is 7.62. The van der Waals surface area contributed by atoms with Gasteiger partial charge in [-0.2, -0.15) is 11.8 Å². The zero-order valence-electron chi connectivity index (χ0n) is 17.8. The number of nitrogens with one attached hydrogen (secondary N) is 1. The minimum atomic E-state index is -0.874. The van der Waals surface area contributed by atoms with Gasteiger partial charge in [-0.1, -0.05) is 54.1 Å². The summed E-state index contributed by atoms with van der Waals surface area (Å²) in [6.07, 6.45) is 2.28. The molecule has 31 heavy (non-hydrogen) atoms. The van der Waals surface area contributed by atoms with Crippen molar-refractivity contribution in [1.29, 1.82) is 0 Å². The molecule has 0 bridgehead atoms. The summed E-state index contributed by atoms with van der Waals surface area (Å²) in [5.74, 6) is -0.800. The van der Waals surface area contributed by atoms with E-state index in [2.05, 4.69) is 5.32 Å². The lowest BCUT2D eigenvalue weighted by Gasteiger charge is -2.25. The number of rotatable bonds is 10. The molecule has 0 aromatic heterocycles. The fourth-order valence-corrected chi connectivity index (χ4v) is 3.57. The zero-order valence-corrected chi connectivity index (χ0v) is 19.4. The Labute approximate surface area is 192 Å². The molecule has 0 fully saturated rings. The van der Waals surface area contributed by atoms with E-state index in [1.54, 1.807) is 43.1 Å². The topological polar surface area (TPSA) is 75.7 Å². The van der Waals surface area contributed by atoms with Crippen molar-refractivity contribution >= 4 is 41.1 Å². The summed E-state index contributed by atoms with van der Waals surface area (Å²) in [7, 11) is 1.66. The Bertz CT molecular complexity index is 894. The van der Waals surface area contributed by atoms with Gasteiger partial charge in [0.2, 0.25) is 0 Å². The molecule has 2 amide bonds. The first-order valence-electron chi connectivity index (χ1n) is 9.86. The van der Waals surface area contributed by atoms with Crippen LogP contribution < -0.4 is 5.32 Å². The van der Waals surface area contributed by atoms with Crippen LogP contribution in [0.25, 0.3) is 0 Å². The SMILES string of the molecule is CSCCC(NC(=O)c1ccccc1Cl)C(=O)OCC(=O)N(C)C(C)c1ccccc1. The lowest BCUT2D eigenvalue weighted by Crippen LogP contribution is -2.43. The van der Waals surface area contributed by atoms with Gasteiger partial charge in [-0.25, -0.2) is 4.79 Å². The van der Waals surface area contributed by atoms with Gasteiger partial charge in [0.1, 0.15) is 6.04 Å². The first kappa shape index (κ1) is 24.8. The van der Waals surface area contributed by atoms with Gasteiger partial charge in [-0.05, 0) is 43.0 Å². The molecule has 0 spiro atoms. The Kier molecular flexibility index (Phi) is 9.88. The molecule has 166 valence electrons. The van der Waals surface area contributed by atoms with Crippen molar-refractivity contribution in [3.05, 3.63) is 70.7 Å². The van der Waals surface area contributed by atoms with Crippen LogP contribution in [0.3, 0.4) is 0 Å². The zero-order chi connectivity index (χ0) is 22.8. The third kappa shape index (κ3) is 7.29. The largest absolute Gasteiger partial charge is 0.454 e. The van der Waals surface area contributed by atoms with E-state index < -0.39 is 24.5 Å². The molecule has 8 heteroatoms. The quantitative estimate of drug-likeness (QED) is 0.541. The van der Waals surface area contributed by atoms with Gasteiger partial charge in [-0.3, -0.25) is 9.59 Å². The molecule has 0 heterocycles. The molecule has 1 N–H and O–H groups in total. The van der Waals surface area contributed by atoms with E-state index in [1.165, 1.54) is 4.90 Å². The van der Waals surface area contributed by atoms with Crippen LogP contribution in [0.4, 0.5) is 0 Å². The summed E-state index contributed by atoms with van der Waals surface area (Å²) in [5.41, 5.74) is 1.26. The van der Waals surface area contributed by atoms with Gasteiger partial charge >= 0.3 is 5.97 Å². The highest BCUT2D eigenvalue weighted by Crippen LogP contribution is 2.18. The average molecular weight is 463 g/mol. The van der Waals surface area contributed by atoms with Gasteiger partial charge < -0.3 is 15.0 Å². The predicted octanol–water partition coefficient (Wildman–Crippen LogP) is 3.95. The van der Waals surface area contributed by atoms with Crippen molar-refractivity contribution in [2.75, 3.05) is 25.7 Å². The number of ether oxygens (including phenoxy) is 1. The lowest BCUT2D eigenvalue weighted by atomic mass is 10.1. The van der Waals surface area contributed by atoms with Crippen LogP contribution in [0.15, 0.2) is 54.6 Å². The molecule has 0 radical (unpaired) electrons. The molecule has 0 saturated heterocycles. The van der Waals surface area contributed by atoms with Crippen LogP contribution in [-0.4, -0.2) is 54.4 Å². The first-order valence-corrected chi connectivity index (χ1v) is 11.6.